The molecule has 2 aromatic heterocycles. The van der Waals surface area contributed by atoms with E-state index >= 15 is 0 Å². The molecule has 1 aliphatic carbocycles. The van der Waals surface area contributed by atoms with E-state index in [-0.39, 0.29) is 0 Å². The van der Waals surface area contributed by atoms with Crippen molar-refractivity contribution < 1.29 is 0 Å². The van der Waals surface area contributed by atoms with E-state index in [1.54, 1.807) is 11.3 Å². The van der Waals surface area contributed by atoms with Gasteiger partial charge in [-0.2, -0.15) is 0 Å². The van der Waals surface area contributed by atoms with Crippen LogP contribution in [0.25, 0.3) is 0 Å². The van der Waals surface area contributed by atoms with Gasteiger partial charge in [0, 0.05) is 27.0 Å². The molecular formula is C14H18BrN3S. The molecule has 0 saturated heterocycles. The maximum Gasteiger partial charge on any atom is 0.203 e. The first-order valence-corrected chi connectivity index (χ1v) is 8.42. The van der Waals surface area contributed by atoms with Gasteiger partial charge in [-0.3, -0.25) is 0 Å². The molecule has 0 amide bonds. The highest BCUT2D eigenvalue weighted by atomic mass is 79.9. The molecule has 2 aromatic rings. The van der Waals surface area contributed by atoms with E-state index in [9.17, 15) is 0 Å². The second-order valence-corrected chi connectivity index (χ2v) is 7.05. The highest BCUT2D eigenvalue weighted by molar-refractivity contribution is 9.10. The van der Waals surface area contributed by atoms with Crippen LogP contribution in [0, 0.1) is 6.92 Å². The van der Waals surface area contributed by atoms with Crippen molar-refractivity contribution in [3.63, 3.8) is 0 Å². The Hall–Kier alpha value is -0.810. The summed E-state index contributed by atoms with van der Waals surface area (Å²) < 4.78 is 3.50. The van der Waals surface area contributed by atoms with E-state index < -0.39 is 0 Å². The zero-order chi connectivity index (χ0) is 13.2. The molecule has 1 aliphatic rings. The number of nitrogens with zero attached hydrogens (tertiary/aromatic N) is 2. The third-order valence-electron chi connectivity index (χ3n) is 3.61. The van der Waals surface area contributed by atoms with Crippen molar-refractivity contribution in [2.24, 2.45) is 0 Å². The average Bonchev–Trinajstić information content (AvgIpc) is 3.07. The molecule has 0 radical (unpaired) electrons. The Morgan fingerprint density at radius 2 is 2.26 bits per heavy atom. The molecular weight excluding hydrogens is 322 g/mol. The SMILES string of the molecule is Cc1cn(C2CCCC2)c(NCc2cc(Br)cs2)n1. The highest BCUT2D eigenvalue weighted by Gasteiger charge is 2.20. The number of thiophene rings is 1. The number of hydrogen-bond donors (Lipinski definition) is 1. The Bertz CT molecular complexity index is 555. The van der Waals surface area contributed by atoms with Crippen LogP contribution in [0.5, 0.6) is 0 Å². The Kier molecular flexibility index (Phi) is 3.93. The van der Waals surface area contributed by atoms with Crippen LogP contribution >= 0.6 is 27.3 Å². The fourth-order valence-electron chi connectivity index (χ4n) is 2.72. The molecule has 0 spiro atoms. The first kappa shape index (κ1) is 13.2. The van der Waals surface area contributed by atoms with Crippen molar-refractivity contribution in [3.8, 4) is 0 Å². The topological polar surface area (TPSA) is 29.9 Å². The van der Waals surface area contributed by atoms with Crippen molar-refractivity contribution in [1.29, 1.82) is 0 Å². The van der Waals surface area contributed by atoms with Crippen LogP contribution < -0.4 is 5.32 Å². The highest BCUT2D eigenvalue weighted by Crippen LogP contribution is 2.32. The number of imidazole rings is 1. The van der Waals surface area contributed by atoms with Gasteiger partial charge in [0.1, 0.15) is 0 Å². The summed E-state index contributed by atoms with van der Waals surface area (Å²) in [6, 6.07) is 2.80. The minimum absolute atomic E-state index is 0.638. The molecule has 0 atom stereocenters. The Morgan fingerprint density at radius 3 is 2.95 bits per heavy atom. The summed E-state index contributed by atoms with van der Waals surface area (Å²) in [7, 11) is 0. The first-order valence-electron chi connectivity index (χ1n) is 6.74. The molecule has 102 valence electrons. The van der Waals surface area contributed by atoms with Gasteiger partial charge >= 0.3 is 0 Å². The van der Waals surface area contributed by atoms with Crippen molar-refractivity contribution in [1.82, 2.24) is 9.55 Å². The standard InChI is InChI=1S/C14H18BrN3S/c1-10-8-18(12-4-2-3-5-12)14(17-10)16-7-13-6-11(15)9-19-13/h6,8-9,12H,2-5,7H2,1H3,(H,16,17). The molecule has 2 heterocycles. The smallest absolute Gasteiger partial charge is 0.203 e. The van der Waals surface area contributed by atoms with E-state index in [1.807, 2.05) is 0 Å². The molecule has 1 N–H and O–H groups in total. The van der Waals surface area contributed by atoms with E-state index in [0.29, 0.717) is 6.04 Å². The summed E-state index contributed by atoms with van der Waals surface area (Å²) in [5.41, 5.74) is 1.10. The average molecular weight is 340 g/mol. The number of aryl methyl sites for hydroxylation is 1. The molecule has 3 nitrogen and oxygen atoms in total. The van der Waals surface area contributed by atoms with Crippen molar-refractivity contribution in [3.05, 3.63) is 32.7 Å². The number of rotatable bonds is 4. The second-order valence-electron chi connectivity index (χ2n) is 5.14. The monoisotopic (exact) mass is 339 g/mol. The van der Waals surface area contributed by atoms with E-state index in [1.165, 1.54) is 30.6 Å². The molecule has 19 heavy (non-hydrogen) atoms. The third kappa shape index (κ3) is 3.03. The maximum absolute atomic E-state index is 4.62. The molecule has 0 aliphatic heterocycles. The van der Waals surface area contributed by atoms with Gasteiger partial charge in [0.25, 0.3) is 0 Å². The van der Waals surface area contributed by atoms with Gasteiger partial charge in [-0.15, -0.1) is 11.3 Å². The van der Waals surface area contributed by atoms with Gasteiger partial charge in [0.15, 0.2) is 0 Å². The molecule has 0 unspecified atom stereocenters. The van der Waals surface area contributed by atoms with Crippen molar-refractivity contribution in [2.45, 2.75) is 45.2 Å². The predicted octanol–water partition coefficient (Wildman–Crippen LogP) is 4.74. The summed E-state index contributed by atoms with van der Waals surface area (Å²) >= 11 is 5.26. The first-order chi connectivity index (χ1) is 9.22. The van der Waals surface area contributed by atoms with Crippen LogP contribution in [0.1, 0.15) is 42.3 Å². The predicted molar refractivity (Wildman–Crippen MR) is 83.8 cm³/mol. The Morgan fingerprint density at radius 1 is 1.47 bits per heavy atom. The normalized spacial score (nSPS) is 16.1. The van der Waals surface area contributed by atoms with E-state index in [0.717, 1.165) is 22.7 Å². The quantitative estimate of drug-likeness (QED) is 0.871. The van der Waals surface area contributed by atoms with Crippen molar-refractivity contribution >= 4 is 33.2 Å². The molecule has 5 heteroatoms. The summed E-state index contributed by atoms with van der Waals surface area (Å²) in [6.07, 6.45) is 7.45. The van der Waals surface area contributed by atoms with E-state index in [4.69, 9.17) is 0 Å². The molecule has 0 aromatic carbocycles. The minimum Gasteiger partial charge on any atom is -0.351 e. The fourth-order valence-corrected chi connectivity index (χ4v) is 4.11. The van der Waals surface area contributed by atoms with Crippen LogP contribution in [-0.2, 0) is 6.54 Å². The van der Waals surface area contributed by atoms with Crippen LogP contribution in [0.4, 0.5) is 5.95 Å². The summed E-state index contributed by atoms with van der Waals surface area (Å²) in [5, 5.41) is 5.60. The van der Waals surface area contributed by atoms with Gasteiger partial charge in [0.05, 0.1) is 12.2 Å². The summed E-state index contributed by atoms with van der Waals surface area (Å²) in [6.45, 7) is 2.91. The lowest BCUT2D eigenvalue weighted by Gasteiger charge is -2.15. The van der Waals surface area contributed by atoms with E-state index in [2.05, 4.69) is 55.4 Å². The number of aromatic nitrogens is 2. The van der Waals surface area contributed by atoms with Gasteiger partial charge in [0.2, 0.25) is 5.95 Å². The largest absolute Gasteiger partial charge is 0.351 e. The van der Waals surface area contributed by atoms with Crippen molar-refractivity contribution in [2.75, 3.05) is 5.32 Å². The Balaban J connectivity index is 1.73. The fraction of sp³-hybridized carbons (Fsp3) is 0.500. The van der Waals surface area contributed by atoms with Gasteiger partial charge < -0.3 is 9.88 Å². The van der Waals surface area contributed by atoms with Gasteiger partial charge in [-0.1, -0.05) is 12.8 Å². The molecule has 1 saturated carbocycles. The summed E-state index contributed by atoms with van der Waals surface area (Å²) in [4.78, 5) is 5.95. The number of anilines is 1. The lowest BCUT2D eigenvalue weighted by Crippen LogP contribution is -2.10. The number of nitrogens with one attached hydrogen (secondary N) is 1. The van der Waals surface area contributed by atoms with Crippen LogP contribution in [0.15, 0.2) is 22.1 Å². The molecule has 1 fully saturated rings. The lowest BCUT2D eigenvalue weighted by molar-refractivity contribution is 0.522. The zero-order valence-corrected chi connectivity index (χ0v) is 13.4. The van der Waals surface area contributed by atoms with Gasteiger partial charge in [-0.05, 0) is 41.8 Å². The molecule has 3 rings (SSSR count). The lowest BCUT2D eigenvalue weighted by atomic mass is 10.2. The number of hydrogen-bond acceptors (Lipinski definition) is 3. The second kappa shape index (κ2) is 5.67. The van der Waals surface area contributed by atoms with Gasteiger partial charge in [-0.25, -0.2) is 4.98 Å². The minimum atomic E-state index is 0.638. The van der Waals surface area contributed by atoms with Crippen LogP contribution in [0.2, 0.25) is 0 Å². The van der Waals surface area contributed by atoms with Crippen LogP contribution in [0.3, 0.4) is 0 Å². The maximum atomic E-state index is 4.62. The molecule has 0 bridgehead atoms. The third-order valence-corrected chi connectivity index (χ3v) is 5.31. The zero-order valence-electron chi connectivity index (χ0n) is 11.0. The number of halogens is 1. The van der Waals surface area contributed by atoms with Crippen LogP contribution in [-0.4, -0.2) is 9.55 Å². The Labute approximate surface area is 126 Å². The summed E-state index contributed by atoms with van der Waals surface area (Å²) in [5.74, 6) is 1.02.